The molecule has 0 fully saturated rings. The van der Waals surface area contributed by atoms with Crippen molar-refractivity contribution in [2.24, 2.45) is 5.10 Å². The number of rotatable bonds is 5. The Balaban J connectivity index is 2.38. The predicted octanol–water partition coefficient (Wildman–Crippen LogP) is 3.96. The minimum absolute atomic E-state index is 0.216. The number of para-hydroxylation sites is 1. The molecule has 0 aliphatic rings. The van der Waals surface area contributed by atoms with Crippen molar-refractivity contribution in [3.05, 3.63) is 66.2 Å². The molecule has 2 rings (SSSR count). The molecule has 0 bridgehead atoms. The Morgan fingerprint density at radius 1 is 1.12 bits per heavy atom. The number of phenols is 1. The van der Waals surface area contributed by atoms with E-state index in [1.54, 1.807) is 18.2 Å². The second-order valence-electron chi connectivity index (χ2n) is 4.38. The third kappa shape index (κ3) is 3.70. The number of nitrogens with one attached hydrogen (secondary N) is 1. The summed E-state index contributed by atoms with van der Waals surface area (Å²) in [6.07, 6.45) is 0.981. The largest absolute Gasteiger partial charge is 0.502 e. The molecular formula is C13H8Cl2N4O5. The molecule has 24 heavy (non-hydrogen) atoms. The number of hydrogen-bond acceptors (Lipinski definition) is 7. The van der Waals surface area contributed by atoms with Crippen LogP contribution >= 0.6 is 23.2 Å². The SMILES string of the molecule is O=[N+]([O-])c1cc(/C=N/Nc2c(Cl)cccc2Cl)c(O)c([N+](=O)[O-])c1. The van der Waals surface area contributed by atoms with Crippen molar-refractivity contribution in [2.45, 2.75) is 0 Å². The Hall–Kier alpha value is -2.91. The molecule has 0 saturated heterocycles. The molecule has 0 radical (unpaired) electrons. The average molecular weight is 371 g/mol. The maximum absolute atomic E-state index is 10.9. The number of nitro groups is 2. The van der Waals surface area contributed by atoms with E-state index in [4.69, 9.17) is 23.2 Å². The maximum Gasteiger partial charge on any atom is 0.318 e. The summed E-state index contributed by atoms with van der Waals surface area (Å²) in [5.74, 6) is -0.749. The highest BCUT2D eigenvalue weighted by Gasteiger charge is 2.23. The summed E-state index contributed by atoms with van der Waals surface area (Å²) in [7, 11) is 0. The van der Waals surface area contributed by atoms with Crippen LogP contribution in [0.3, 0.4) is 0 Å². The van der Waals surface area contributed by atoms with Crippen molar-refractivity contribution in [1.29, 1.82) is 0 Å². The molecule has 0 aliphatic carbocycles. The topological polar surface area (TPSA) is 131 Å². The lowest BCUT2D eigenvalue weighted by atomic mass is 10.1. The van der Waals surface area contributed by atoms with Crippen LogP contribution in [0.2, 0.25) is 10.0 Å². The number of anilines is 1. The van der Waals surface area contributed by atoms with Gasteiger partial charge in [0.15, 0.2) is 0 Å². The zero-order valence-corrected chi connectivity index (χ0v) is 13.2. The molecule has 9 nitrogen and oxygen atoms in total. The molecule has 0 amide bonds. The van der Waals surface area contributed by atoms with Crippen molar-refractivity contribution in [3.8, 4) is 5.75 Å². The number of nitrogens with zero attached hydrogens (tertiary/aromatic N) is 3. The van der Waals surface area contributed by atoms with E-state index in [9.17, 15) is 25.3 Å². The molecule has 0 spiro atoms. The fourth-order valence-electron chi connectivity index (χ4n) is 1.74. The van der Waals surface area contributed by atoms with Crippen LogP contribution in [0.25, 0.3) is 0 Å². The monoisotopic (exact) mass is 370 g/mol. The molecule has 2 aromatic carbocycles. The number of aromatic hydroxyl groups is 1. The van der Waals surface area contributed by atoms with E-state index in [0.29, 0.717) is 6.07 Å². The van der Waals surface area contributed by atoms with Crippen LogP contribution in [0.1, 0.15) is 5.56 Å². The number of non-ortho nitro benzene ring substituents is 1. The third-order valence-electron chi connectivity index (χ3n) is 2.85. The van der Waals surface area contributed by atoms with Crippen molar-refractivity contribution < 1.29 is 15.0 Å². The second kappa shape index (κ2) is 7.11. The van der Waals surface area contributed by atoms with Gasteiger partial charge in [0.1, 0.15) is 0 Å². The Morgan fingerprint density at radius 2 is 1.75 bits per heavy atom. The number of hydrogen-bond donors (Lipinski definition) is 2. The van der Waals surface area contributed by atoms with Crippen LogP contribution in [0, 0.1) is 20.2 Å². The summed E-state index contributed by atoms with van der Waals surface area (Å²) >= 11 is 11.9. The number of hydrazone groups is 1. The van der Waals surface area contributed by atoms with Crippen molar-refractivity contribution in [2.75, 3.05) is 5.43 Å². The summed E-state index contributed by atoms with van der Waals surface area (Å²) in [5.41, 5.74) is 1.20. The van der Waals surface area contributed by atoms with Crippen LogP contribution in [0.5, 0.6) is 5.75 Å². The summed E-state index contributed by atoms with van der Waals surface area (Å²) in [5, 5.41) is 35.8. The quantitative estimate of drug-likeness (QED) is 0.465. The summed E-state index contributed by atoms with van der Waals surface area (Å²) in [4.78, 5) is 19.9. The van der Waals surface area contributed by atoms with E-state index in [2.05, 4.69) is 10.5 Å². The minimum Gasteiger partial charge on any atom is -0.502 e. The first-order chi connectivity index (χ1) is 11.3. The van der Waals surface area contributed by atoms with Gasteiger partial charge in [-0.15, -0.1) is 0 Å². The molecule has 124 valence electrons. The zero-order chi connectivity index (χ0) is 17.9. The van der Waals surface area contributed by atoms with Crippen molar-refractivity contribution >= 4 is 46.5 Å². The number of phenolic OH excluding ortho intramolecular Hbond substituents is 1. The summed E-state index contributed by atoms with van der Waals surface area (Å²) < 4.78 is 0. The Kier molecular flexibility index (Phi) is 5.17. The lowest BCUT2D eigenvalue weighted by Crippen LogP contribution is -1.98. The highest BCUT2D eigenvalue weighted by Crippen LogP contribution is 2.34. The van der Waals surface area contributed by atoms with Crippen LogP contribution in [0.4, 0.5) is 17.1 Å². The predicted molar refractivity (Wildman–Crippen MR) is 89.1 cm³/mol. The van der Waals surface area contributed by atoms with Crippen molar-refractivity contribution in [1.82, 2.24) is 0 Å². The highest BCUT2D eigenvalue weighted by atomic mass is 35.5. The Morgan fingerprint density at radius 3 is 2.29 bits per heavy atom. The lowest BCUT2D eigenvalue weighted by Gasteiger charge is -2.05. The Labute approximate surface area is 144 Å². The van der Waals surface area contributed by atoms with E-state index >= 15 is 0 Å². The first kappa shape index (κ1) is 17.4. The molecule has 0 saturated carbocycles. The average Bonchev–Trinajstić information content (AvgIpc) is 2.51. The summed E-state index contributed by atoms with van der Waals surface area (Å²) in [6, 6.07) is 6.34. The van der Waals surface area contributed by atoms with Gasteiger partial charge in [-0.1, -0.05) is 29.3 Å². The fourth-order valence-corrected chi connectivity index (χ4v) is 2.22. The van der Waals surface area contributed by atoms with Crippen LogP contribution < -0.4 is 5.43 Å². The minimum atomic E-state index is -0.933. The molecule has 11 heteroatoms. The number of benzene rings is 2. The standard InChI is InChI=1S/C13H8Cl2N4O5/c14-9-2-1-3-10(15)12(9)17-16-6-7-4-8(18(21)22)5-11(13(7)20)19(23)24/h1-6,17,20H/b16-6+. The molecule has 0 aromatic heterocycles. The van der Waals surface area contributed by atoms with Gasteiger partial charge >= 0.3 is 5.69 Å². The van der Waals surface area contributed by atoms with E-state index in [1.807, 2.05) is 0 Å². The highest BCUT2D eigenvalue weighted by molar-refractivity contribution is 6.39. The van der Waals surface area contributed by atoms with Gasteiger partial charge in [-0.05, 0) is 12.1 Å². The van der Waals surface area contributed by atoms with Gasteiger partial charge in [0, 0.05) is 6.07 Å². The van der Waals surface area contributed by atoms with Crippen LogP contribution in [0.15, 0.2) is 35.4 Å². The summed E-state index contributed by atoms with van der Waals surface area (Å²) in [6.45, 7) is 0. The maximum atomic E-state index is 10.9. The third-order valence-corrected chi connectivity index (χ3v) is 3.48. The zero-order valence-electron chi connectivity index (χ0n) is 11.6. The number of halogens is 2. The van der Waals surface area contributed by atoms with E-state index in [0.717, 1.165) is 12.3 Å². The van der Waals surface area contributed by atoms with Gasteiger partial charge in [-0.3, -0.25) is 25.7 Å². The van der Waals surface area contributed by atoms with Crippen LogP contribution in [-0.4, -0.2) is 21.2 Å². The first-order valence-electron chi connectivity index (χ1n) is 6.20. The van der Waals surface area contributed by atoms with Crippen molar-refractivity contribution in [3.63, 3.8) is 0 Å². The fraction of sp³-hybridized carbons (Fsp3) is 0. The van der Waals surface area contributed by atoms with Gasteiger partial charge in [0.2, 0.25) is 5.75 Å². The lowest BCUT2D eigenvalue weighted by molar-refractivity contribution is -0.394. The van der Waals surface area contributed by atoms with Gasteiger partial charge in [0.25, 0.3) is 5.69 Å². The van der Waals surface area contributed by atoms with Gasteiger partial charge in [-0.25, -0.2) is 0 Å². The first-order valence-corrected chi connectivity index (χ1v) is 6.95. The second-order valence-corrected chi connectivity index (χ2v) is 5.20. The normalized spacial score (nSPS) is 10.8. The molecule has 0 heterocycles. The van der Waals surface area contributed by atoms with Gasteiger partial charge in [0.05, 0.1) is 43.4 Å². The molecule has 0 unspecified atom stereocenters. The molecule has 0 aliphatic heterocycles. The molecule has 0 atom stereocenters. The molecule has 2 aromatic rings. The molecular weight excluding hydrogens is 363 g/mol. The molecule has 2 N–H and O–H groups in total. The van der Waals surface area contributed by atoms with E-state index < -0.39 is 27.0 Å². The van der Waals surface area contributed by atoms with E-state index in [-0.39, 0.29) is 21.3 Å². The smallest absolute Gasteiger partial charge is 0.318 e. The number of nitro benzene ring substituents is 2. The van der Waals surface area contributed by atoms with E-state index in [1.165, 1.54) is 0 Å². The Bertz CT molecular complexity index is 836. The van der Waals surface area contributed by atoms with Gasteiger partial charge in [-0.2, -0.15) is 5.10 Å². The van der Waals surface area contributed by atoms with Crippen LogP contribution in [-0.2, 0) is 0 Å². The van der Waals surface area contributed by atoms with Gasteiger partial charge < -0.3 is 5.11 Å².